The predicted molar refractivity (Wildman–Crippen MR) is 105 cm³/mol. The fourth-order valence-corrected chi connectivity index (χ4v) is 4.73. The van der Waals surface area contributed by atoms with Crippen LogP contribution in [0.1, 0.15) is 28.0 Å². The average Bonchev–Trinajstić information content (AvgIpc) is 3.35. The topological polar surface area (TPSA) is 85.4 Å². The number of nitrogens with zero attached hydrogens (tertiary/aromatic N) is 5. The molecule has 2 aromatic rings. The standard InChI is InChI=1S/C21H22F3N5O2/c1-27-9-18(26-13-27)19(31)28-5-4-15-8-29(11-20(15,10-28)12-30)16-3-2-14(7-25)17(6-16)21(22,23)24/h2-3,6,9,13,15,30H,4-5,8,10-12H2,1H3/t15-,20+/m0/s1. The van der Waals surface area contributed by atoms with Crippen LogP contribution in [-0.2, 0) is 13.2 Å². The van der Waals surface area contributed by atoms with Gasteiger partial charge in [0.15, 0.2) is 0 Å². The number of fused-ring (bicyclic) bond motifs is 1. The van der Waals surface area contributed by atoms with Gasteiger partial charge in [-0.15, -0.1) is 0 Å². The van der Waals surface area contributed by atoms with Crippen LogP contribution in [0.4, 0.5) is 18.9 Å². The molecule has 2 aliphatic rings. The van der Waals surface area contributed by atoms with Crippen LogP contribution < -0.4 is 4.90 Å². The van der Waals surface area contributed by atoms with E-state index in [1.807, 2.05) is 4.90 Å². The number of hydrogen-bond donors (Lipinski definition) is 1. The van der Waals surface area contributed by atoms with Gasteiger partial charge in [0.25, 0.3) is 5.91 Å². The number of hydrogen-bond acceptors (Lipinski definition) is 5. The van der Waals surface area contributed by atoms with E-state index < -0.39 is 22.7 Å². The molecular weight excluding hydrogens is 411 g/mol. The van der Waals surface area contributed by atoms with Gasteiger partial charge in [-0.3, -0.25) is 4.79 Å². The second-order valence-corrected chi connectivity index (χ2v) is 8.38. The van der Waals surface area contributed by atoms with Crippen LogP contribution in [0.2, 0.25) is 0 Å². The SMILES string of the molecule is Cn1cnc(C(=O)N2CC[C@H]3CN(c4ccc(C#N)c(C(F)(F)F)c4)C[C@@]3(CO)C2)c1. The van der Waals surface area contributed by atoms with E-state index in [9.17, 15) is 23.1 Å². The number of anilines is 1. The molecule has 0 radical (unpaired) electrons. The van der Waals surface area contributed by atoms with Crippen LogP contribution in [0.5, 0.6) is 0 Å². The fraction of sp³-hybridized carbons (Fsp3) is 0.476. The van der Waals surface area contributed by atoms with Crippen molar-refractivity contribution in [2.45, 2.75) is 12.6 Å². The van der Waals surface area contributed by atoms with Gasteiger partial charge in [0.2, 0.25) is 0 Å². The zero-order valence-corrected chi connectivity index (χ0v) is 16.9. The van der Waals surface area contributed by atoms with Gasteiger partial charge in [-0.25, -0.2) is 4.98 Å². The van der Waals surface area contributed by atoms with E-state index in [2.05, 4.69) is 4.98 Å². The highest BCUT2D eigenvalue weighted by Gasteiger charge is 2.50. The maximum Gasteiger partial charge on any atom is 0.417 e. The van der Waals surface area contributed by atoms with Gasteiger partial charge in [0.05, 0.1) is 30.1 Å². The van der Waals surface area contributed by atoms with Gasteiger partial charge in [-0.2, -0.15) is 18.4 Å². The Labute approximate surface area is 177 Å². The number of rotatable bonds is 3. The molecule has 2 fully saturated rings. The third-order valence-electron chi connectivity index (χ3n) is 6.39. The van der Waals surface area contributed by atoms with Crippen molar-refractivity contribution in [3.63, 3.8) is 0 Å². The Hall–Kier alpha value is -3.06. The van der Waals surface area contributed by atoms with Crippen LogP contribution in [0.25, 0.3) is 0 Å². The number of nitriles is 1. The minimum atomic E-state index is -4.63. The Kier molecular flexibility index (Phi) is 5.17. The zero-order valence-electron chi connectivity index (χ0n) is 16.9. The number of aliphatic hydroxyl groups is 1. The van der Waals surface area contributed by atoms with Crippen molar-refractivity contribution < 1.29 is 23.1 Å². The molecule has 2 aliphatic heterocycles. The Bertz CT molecular complexity index is 1040. The first kappa shape index (κ1) is 21.2. The zero-order chi connectivity index (χ0) is 22.4. The highest BCUT2D eigenvalue weighted by molar-refractivity contribution is 5.92. The molecule has 4 rings (SSSR count). The second kappa shape index (κ2) is 7.57. The summed E-state index contributed by atoms with van der Waals surface area (Å²) in [7, 11) is 1.77. The Morgan fingerprint density at radius 1 is 1.39 bits per heavy atom. The molecule has 0 saturated carbocycles. The number of amides is 1. The summed E-state index contributed by atoms with van der Waals surface area (Å²) < 4.78 is 41.8. The predicted octanol–water partition coefficient (Wildman–Crippen LogP) is 2.27. The lowest BCUT2D eigenvalue weighted by Gasteiger charge is -2.42. The molecule has 1 N–H and O–H groups in total. The fourth-order valence-electron chi connectivity index (χ4n) is 4.73. The number of likely N-dealkylation sites (tertiary alicyclic amines) is 1. The van der Waals surface area contributed by atoms with E-state index in [0.29, 0.717) is 44.0 Å². The first-order valence-electron chi connectivity index (χ1n) is 9.91. The second-order valence-electron chi connectivity index (χ2n) is 8.38. The minimum Gasteiger partial charge on any atom is -0.396 e. The van der Waals surface area contributed by atoms with Crippen molar-refractivity contribution in [1.82, 2.24) is 14.5 Å². The summed E-state index contributed by atoms with van der Waals surface area (Å²) in [6, 6.07) is 5.28. The number of aliphatic hydroxyl groups excluding tert-OH is 1. The number of piperidine rings is 1. The molecule has 2 atom stereocenters. The summed E-state index contributed by atoms with van der Waals surface area (Å²) in [5.41, 5.74) is -1.33. The molecule has 1 aromatic heterocycles. The lowest BCUT2D eigenvalue weighted by molar-refractivity contribution is -0.137. The Balaban J connectivity index is 1.58. The van der Waals surface area contributed by atoms with Crippen molar-refractivity contribution in [3.05, 3.63) is 47.5 Å². The molecule has 0 bridgehead atoms. The lowest BCUT2D eigenvalue weighted by atomic mass is 9.74. The number of aryl methyl sites for hydroxylation is 1. The number of carbonyl (C=O) groups excluding carboxylic acids is 1. The summed E-state index contributed by atoms with van der Waals surface area (Å²) in [5.74, 6) is -0.182. The highest BCUT2D eigenvalue weighted by atomic mass is 19.4. The minimum absolute atomic E-state index is 0.0373. The van der Waals surface area contributed by atoms with E-state index >= 15 is 0 Å². The van der Waals surface area contributed by atoms with Crippen LogP contribution >= 0.6 is 0 Å². The van der Waals surface area contributed by atoms with Gasteiger partial charge in [-0.1, -0.05) is 0 Å². The number of alkyl halides is 3. The quantitative estimate of drug-likeness (QED) is 0.803. The largest absolute Gasteiger partial charge is 0.417 e. The first-order valence-corrected chi connectivity index (χ1v) is 9.91. The third kappa shape index (κ3) is 3.74. The van der Waals surface area contributed by atoms with E-state index in [1.165, 1.54) is 12.1 Å². The molecule has 0 unspecified atom stereocenters. The number of aromatic nitrogens is 2. The molecule has 0 spiro atoms. The third-order valence-corrected chi connectivity index (χ3v) is 6.39. The average molecular weight is 433 g/mol. The number of halogens is 3. The summed E-state index contributed by atoms with van der Waals surface area (Å²) >= 11 is 0. The first-order chi connectivity index (χ1) is 14.7. The van der Waals surface area contributed by atoms with E-state index in [4.69, 9.17) is 5.26 Å². The number of benzene rings is 1. The van der Waals surface area contributed by atoms with Crippen molar-refractivity contribution in [2.24, 2.45) is 18.4 Å². The summed E-state index contributed by atoms with van der Waals surface area (Å²) in [5, 5.41) is 19.3. The molecule has 1 aromatic carbocycles. The van der Waals surface area contributed by atoms with Gasteiger partial charge in [-0.05, 0) is 30.5 Å². The smallest absolute Gasteiger partial charge is 0.396 e. The van der Waals surface area contributed by atoms with Gasteiger partial charge < -0.3 is 19.5 Å². The van der Waals surface area contributed by atoms with Crippen LogP contribution in [0, 0.1) is 22.7 Å². The van der Waals surface area contributed by atoms with E-state index in [0.717, 1.165) is 6.07 Å². The van der Waals surface area contributed by atoms with Crippen molar-refractivity contribution in [1.29, 1.82) is 5.26 Å². The lowest BCUT2D eigenvalue weighted by Crippen LogP contribution is -2.52. The molecule has 0 aliphatic carbocycles. The molecule has 3 heterocycles. The highest BCUT2D eigenvalue weighted by Crippen LogP contribution is 2.44. The van der Waals surface area contributed by atoms with E-state index in [1.54, 1.807) is 35.1 Å². The van der Waals surface area contributed by atoms with Crippen molar-refractivity contribution in [2.75, 3.05) is 37.7 Å². The summed E-state index contributed by atoms with van der Waals surface area (Å²) in [6.07, 6.45) is -0.815. The van der Waals surface area contributed by atoms with Gasteiger partial charge >= 0.3 is 6.18 Å². The van der Waals surface area contributed by atoms with Crippen LogP contribution in [-0.4, -0.2) is 58.3 Å². The Morgan fingerprint density at radius 3 is 2.77 bits per heavy atom. The van der Waals surface area contributed by atoms with Crippen LogP contribution in [0.15, 0.2) is 30.7 Å². The summed E-state index contributed by atoms with van der Waals surface area (Å²) in [4.78, 5) is 20.4. The van der Waals surface area contributed by atoms with Crippen molar-refractivity contribution in [3.8, 4) is 6.07 Å². The van der Waals surface area contributed by atoms with Crippen LogP contribution in [0.3, 0.4) is 0 Å². The molecule has 7 nitrogen and oxygen atoms in total. The van der Waals surface area contributed by atoms with E-state index in [-0.39, 0.29) is 18.4 Å². The van der Waals surface area contributed by atoms with Gasteiger partial charge in [0, 0.05) is 50.5 Å². The molecule has 10 heteroatoms. The van der Waals surface area contributed by atoms with Gasteiger partial charge in [0.1, 0.15) is 5.69 Å². The normalized spacial score (nSPS) is 23.5. The maximum absolute atomic E-state index is 13.4. The Morgan fingerprint density at radius 2 is 2.16 bits per heavy atom. The van der Waals surface area contributed by atoms with Crippen molar-refractivity contribution >= 4 is 11.6 Å². The summed E-state index contributed by atoms with van der Waals surface area (Å²) in [6.45, 7) is 1.43. The molecule has 2 saturated heterocycles. The number of carbonyl (C=O) groups is 1. The molecule has 1 amide bonds. The number of imidazole rings is 1. The maximum atomic E-state index is 13.4. The molecule has 31 heavy (non-hydrogen) atoms. The molecule has 164 valence electrons. The monoisotopic (exact) mass is 433 g/mol. The molecular formula is C21H22F3N5O2.